The highest BCUT2D eigenvalue weighted by Gasteiger charge is 2.55. The third-order valence-corrected chi connectivity index (χ3v) is 5.96. The highest BCUT2D eigenvalue weighted by atomic mass is 16.5. The second-order valence-electron chi connectivity index (χ2n) is 7.39. The first-order valence-electron chi connectivity index (χ1n) is 9.34. The van der Waals surface area contributed by atoms with Crippen LogP contribution in [0.5, 0.6) is 0 Å². The fourth-order valence-electron chi connectivity index (χ4n) is 4.25. The van der Waals surface area contributed by atoms with E-state index in [2.05, 4.69) is 30.3 Å². The Labute approximate surface area is 159 Å². The number of hydrogen-bond donors (Lipinski definition) is 1. The molecule has 1 aromatic rings. The molecule has 0 bridgehead atoms. The van der Waals surface area contributed by atoms with Crippen molar-refractivity contribution in [2.45, 2.75) is 19.8 Å². The molecule has 140 valence electrons. The van der Waals surface area contributed by atoms with Gasteiger partial charge < -0.3 is 9.84 Å². The number of carboxylic acids is 1. The molecule has 3 aliphatic rings. The molecule has 0 aromatic heterocycles. The van der Waals surface area contributed by atoms with Crippen LogP contribution in [0.4, 0.5) is 0 Å². The minimum Gasteiger partial charge on any atom is -0.478 e. The minimum atomic E-state index is -0.918. The van der Waals surface area contributed by atoms with Crippen LogP contribution in [0, 0.1) is 11.3 Å². The lowest BCUT2D eigenvalue weighted by Gasteiger charge is -2.28. The molecule has 4 rings (SSSR count). The third kappa shape index (κ3) is 3.12. The molecule has 0 spiro atoms. The van der Waals surface area contributed by atoms with Gasteiger partial charge in [0.1, 0.15) is 0 Å². The van der Waals surface area contributed by atoms with Gasteiger partial charge in [-0.15, -0.1) is 0 Å². The van der Waals surface area contributed by atoms with E-state index in [4.69, 9.17) is 4.74 Å². The minimum absolute atomic E-state index is 0.288. The molecular formula is C22H24N2O3. The lowest BCUT2D eigenvalue weighted by atomic mass is 9.86. The van der Waals surface area contributed by atoms with Gasteiger partial charge in [-0.05, 0) is 53.7 Å². The number of carboxylic acid groups (broad SMARTS) is 1. The van der Waals surface area contributed by atoms with Crippen LogP contribution in [-0.2, 0) is 4.74 Å². The van der Waals surface area contributed by atoms with E-state index < -0.39 is 5.97 Å². The van der Waals surface area contributed by atoms with E-state index in [1.54, 1.807) is 25.3 Å². The first kappa shape index (κ1) is 17.7. The average molecular weight is 364 g/mol. The van der Waals surface area contributed by atoms with Gasteiger partial charge in [0.15, 0.2) is 0 Å². The highest BCUT2D eigenvalue weighted by molar-refractivity contribution is 6.10. The van der Waals surface area contributed by atoms with Gasteiger partial charge in [0.25, 0.3) is 0 Å². The topological polar surface area (TPSA) is 62.1 Å². The SMILES string of the molecule is CCC12CC1C=C(N1CC=C(c3cccc(C(=O)O)c3)C=N1)C=C2COC. The molecular weight excluding hydrogens is 340 g/mol. The zero-order valence-electron chi connectivity index (χ0n) is 15.7. The fourth-order valence-corrected chi connectivity index (χ4v) is 4.25. The Hall–Kier alpha value is -2.66. The summed E-state index contributed by atoms with van der Waals surface area (Å²) in [5.41, 5.74) is 4.90. The molecule has 2 unspecified atom stereocenters. The first-order valence-corrected chi connectivity index (χ1v) is 9.34. The number of benzene rings is 1. The average Bonchev–Trinajstić information content (AvgIpc) is 3.43. The Kier molecular flexibility index (Phi) is 4.48. The van der Waals surface area contributed by atoms with Crippen LogP contribution in [0.15, 0.2) is 58.9 Å². The van der Waals surface area contributed by atoms with Crippen LogP contribution in [0.3, 0.4) is 0 Å². The standard InChI is InChI=1S/C22H24N2O3/c1-3-22-12-18(22)10-20(11-19(22)14-27-2)24-8-7-17(13-23-24)15-5-4-6-16(9-15)21(25)26/h4-7,9-11,13,18H,3,8,12,14H2,1-2H3,(H,25,26). The van der Waals surface area contributed by atoms with Gasteiger partial charge in [-0.3, -0.25) is 5.01 Å². The maximum atomic E-state index is 11.2. The van der Waals surface area contributed by atoms with Gasteiger partial charge >= 0.3 is 5.97 Å². The molecule has 0 amide bonds. The Morgan fingerprint density at radius 2 is 2.30 bits per heavy atom. The summed E-state index contributed by atoms with van der Waals surface area (Å²) in [6.07, 6.45) is 10.8. The summed E-state index contributed by atoms with van der Waals surface area (Å²) < 4.78 is 5.43. The maximum absolute atomic E-state index is 11.2. The Balaban J connectivity index is 1.52. The smallest absolute Gasteiger partial charge is 0.335 e. The van der Waals surface area contributed by atoms with Crippen molar-refractivity contribution in [2.24, 2.45) is 16.4 Å². The largest absolute Gasteiger partial charge is 0.478 e. The second kappa shape index (κ2) is 6.82. The summed E-state index contributed by atoms with van der Waals surface area (Å²) in [7, 11) is 1.75. The van der Waals surface area contributed by atoms with E-state index in [0.717, 1.165) is 23.3 Å². The number of hydrazone groups is 1. The van der Waals surface area contributed by atoms with Gasteiger partial charge in [0.05, 0.1) is 30.6 Å². The summed E-state index contributed by atoms with van der Waals surface area (Å²) >= 11 is 0. The molecule has 1 N–H and O–H groups in total. The van der Waals surface area contributed by atoms with Crippen molar-refractivity contribution >= 4 is 17.8 Å². The summed E-state index contributed by atoms with van der Waals surface area (Å²) in [4.78, 5) is 11.2. The van der Waals surface area contributed by atoms with Crippen LogP contribution in [0.2, 0.25) is 0 Å². The highest BCUT2D eigenvalue weighted by Crippen LogP contribution is 2.63. The van der Waals surface area contributed by atoms with E-state index in [1.807, 2.05) is 17.3 Å². The van der Waals surface area contributed by atoms with Crippen molar-refractivity contribution < 1.29 is 14.6 Å². The normalized spacial score (nSPS) is 26.1. The quantitative estimate of drug-likeness (QED) is 0.830. The van der Waals surface area contributed by atoms with Crippen LogP contribution >= 0.6 is 0 Å². The summed E-state index contributed by atoms with van der Waals surface area (Å²) in [5, 5.41) is 15.8. The van der Waals surface area contributed by atoms with Crippen LogP contribution < -0.4 is 0 Å². The summed E-state index contributed by atoms with van der Waals surface area (Å²) in [5.74, 6) is -0.334. The number of carbonyl (C=O) groups is 1. The van der Waals surface area contributed by atoms with E-state index in [9.17, 15) is 9.90 Å². The summed E-state index contributed by atoms with van der Waals surface area (Å²) in [6.45, 7) is 3.58. The predicted molar refractivity (Wildman–Crippen MR) is 105 cm³/mol. The summed E-state index contributed by atoms with van der Waals surface area (Å²) in [6, 6.07) is 6.96. The van der Waals surface area contributed by atoms with Gasteiger partial charge in [0, 0.05) is 12.5 Å². The third-order valence-electron chi connectivity index (χ3n) is 5.96. The van der Waals surface area contributed by atoms with Gasteiger partial charge in [-0.2, -0.15) is 5.10 Å². The Bertz CT molecular complexity index is 897. The van der Waals surface area contributed by atoms with Gasteiger partial charge in [-0.1, -0.05) is 31.2 Å². The maximum Gasteiger partial charge on any atom is 0.335 e. The number of hydrogen-bond acceptors (Lipinski definition) is 4. The fraction of sp³-hybridized carbons (Fsp3) is 0.364. The van der Waals surface area contributed by atoms with Crippen LogP contribution in [-0.4, -0.2) is 42.6 Å². The van der Waals surface area contributed by atoms with Crippen molar-refractivity contribution in [3.8, 4) is 0 Å². The zero-order chi connectivity index (χ0) is 19.0. The molecule has 1 aromatic carbocycles. The lowest BCUT2D eigenvalue weighted by Crippen LogP contribution is -2.24. The number of methoxy groups -OCH3 is 1. The Morgan fingerprint density at radius 1 is 1.44 bits per heavy atom. The van der Waals surface area contributed by atoms with Crippen molar-refractivity contribution in [3.05, 3.63) is 64.9 Å². The van der Waals surface area contributed by atoms with E-state index in [0.29, 0.717) is 24.5 Å². The lowest BCUT2D eigenvalue weighted by molar-refractivity contribution is 0.0697. The molecule has 1 heterocycles. The van der Waals surface area contributed by atoms with Gasteiger partial charge in [-0.25, -0.2) is 4.79 Å². The zero-order valence-corrected chi connectivity index (χ0v) is 15.7. The van der Waals surface area contributed by atoms with E-state index in [1.165, 1.54) is 12.0 Å². The van der Waals surface area contributed by atoms with Crippen molar-refractivity contribution in [3.63, 3.8) is 0 Å². The number of allylic oxidation sites excluding steroid dienone is 3. The van der Waals surface area contributed by atoms with Crippen molar-refractivity contribution in [1.82, 2.24) is 5.01 Å². The molecule has 0 radical (unpaired) electrons. The molecule has 0 saturated heterocycles. The number of aromatic carboxylic acids is 1. The molecule has 1 aliphatic heterocycles. The molecule has 1 saturated carbocycles. The molecule has 27 heavy (non-hydrogen) atoms. The monoisotopic (exact) mass is 364 g/mol. The second-order valence-corrected chi connectivity index (χ2v) is 7.39. The molecule has 2 atom stereocenters. The molecule has 5 heteroatoms. The van der Waals surface area contributed by atoms with Gasteiger partial charge in [0.2, 0.25) is 0 Å². The van der Waals surface area contributed by atoms with E-state index in [-0.39, 0.29) is 5.56 Å². The number of rotatable bonds is 6. The first-order chi connectivity index (χ1) is 13.1. The van der Waals surface area contributed by atoms with Crippen LogP contribution in [0.1, 0.15) is 35.7 Å². The number of ether oxygens (including phenoxy) is 1. The van der Waals surface area contributed by atoms with Crippen molar-refractivity contribution in [2.75, 3.05) is 20.3 Å². The van der Waals surface area contributed by atoms with Crippen molar-refractivity contribution in [1.29, 1.82) is 0 Å². The molecule has 5 nitrogen and oxygen atoms in total. The Morgan fingerprint density at radius 3 is 2.96 bits per heavy atom. The number of nitrogens with zero attached hydrogens (tertiary/aromatic N) is 2. The predicted octanol–water partition coefficient (Wildman–Crippen LogP) is 3.96. The van der Waals surface area contributed by atoms with Crippen LogP contribution in [0.25, 0.3) is 5.57 Å². The molecule has 1 fully saturated rings. The molecule has 2 aliphatic carbocycles. The number of fused-ring (bicyclic) bond motifs is 1. The van der Waals surface area contributed by atoms with E-state index >= 15 is 0 Å².